The third-order valence-corrected chi connectivity index (χ3v) is 2.71. The molecule has 1 saturated heterocycles. The van der Waals surface area contributed by atoms with Gasteiger partial charge < -0.3 is 15.1 Å². The number of aliphatic hydroxyl groups is 1. The van der Waals surface area contributed by atoms with E-state index >= 15 is 0 Å². The summed E-state index contributed by atoms with van der Waals surface area (Å²) < 4.78 is 0. The van der Waals surface area contributed by atoms with Crippen molar-refractivity contribution in [3.63, 3.8) is 0 Å². The third-order valence-electron chi connectivity index (χ3n) is 2.71. The van der Waals surface area contributed by atoms with Crippen molar-refractivity contribution in [1.29, 1.82) is 0 Å². The molecule has 1 fully saturated rings. The second-order valence-corrected chi connectivity index (χ2v) is 4.30. The molecule has 0 aliphatic carbocycles. The molecule has 0 aromatic carbocycles. The maximum absolute atomic E-state index is 10.5. The highest BCUT2D eigenvalue weighted by molar-refractivity contribution is 5.67. The van der Waals surface area contributed by atoms with Crippen molar-refractivity contribution in [1.82, 2.24) is 4.90 Å². The fraction of sp³-hybridized carbons (Fsp3) is 0.900. The van der Waals surface area contributed by atoms with Crippen LogP contribution in [0.2, 0.25) is 0 Å². The van der Waals surface area contributed by atoms with Crippen molar-refractivity contribution >= 4 is 5.97 Å². The molecule has 0 radical (unpaired) electrons. The van der Waals surface area contributed by atoms with Crippen LogP contribution < -0.4 is 0 Å². The summed E-state index contributed by atoms with van der Waals surface area (Å²) in [7, 11) is 0. The normalized spacial score (nSPS) is 25.1. The lowest BCUT2D eigenvalue weighted by Crippen LogP contribution is -2.28. The van der Waals surface area contributed by atoms with Crippen LogP contribution >= 0.6 is 0 Å². The minimum Gasteiger partial charge on any atom is -0.481 e. The summed E-state index contributed by atoms with van der Waals surface area (Å²) in [4.78, 5) is 12.7. The quantitative estimate of drug-likeness (QED) is 0.676. The summed E-state index contributed by atoms with van der Waals surface area (Å²) in [5, 5.41) is 17.5. The number of aliphatic hydroxyl groups excluding tert-OH is 1. The Morgan fingerprint density at radius 2 is 2.36 bits per heavy atom. The van der Waals surface area contributed by atoms with E-state index in [1.54, 1.807) is 0 Å². The second-order valence-electron chi connectivity index (χ2n) is 4.30. The van der Waals surface area contributed by atoms with Gasteiger partial charge in [-0.25, -0.2) is 0 Å². The first-order valence-electron chi connectivity index (χ1n) is 5.16. The van der Waals surface area contributed by atoms with E-state index in [2.05, 4.69) is 4.90 Å². The molecule has 0 aromatic heterocycles. The Labute approximate surface area is 84.5 Å². The van der Waals surface area contributed by atoms with Gasteiger partial charge in [-0.05, 0) is 24.8 Å². The molecule has 0 amide bonds. The summed E-state index contributed by atoms with van der Waals surface area (Å²) in [5.41, 5.74) is 0. The van der Waals surface area contributed by atoms with E-state index in [1.165, 1.54) is 0 Å². The lowest BCUT2D eigenvalue weighted by atomic mass is 10.1. The first-order chi connectivity index (χ1) is 6.61. The zero-order valence-corrected chi connectivity index (χ0v) is 8.65. The maximum atomic E-state index is 10.5. The van der Waals surface area contributed by atoms with Crippen LogP contribution in [0, 0.1) is 11.8 Å². The van der Waals surface area contributed by atoms with Gasteiger partial charge in [0.25, 0.3) is 0 Å². The predicted molar refractivity (Wildman–Crippen MR) is 53.0 cm³/mol. The Bertz CT molecular complexity index is 196. The summed E-state index contributed by atoms with van der Waals surface area (Å²) in [6.45, 7) is 4.94. The lowest BCUT2D eigenvalue weighted by Gasteiger charge is -2.18. The fourth-order valence-electron chi connectivity index (χ4n) is 1.99. The predicted octanol–water partition coefficient (Wildman–Crippen LogP) is 0.411. The van der Waals surface area contributed by atoms with Crippen LogP contribution in [0.5, 0.6) is 0 Å². The molecule has 2 N–H and O–H groups in total. The molecular formula is C10H19NO3. The molecule has 4 heteroatoms. The van der Waals surface area contributed by atoms with E-state index in [0.29, 0.717) is 11.8 Å². The number of aliphatic carboxylic acids is 1. The average molecular weight is 201 g/mol. The standard InChI is InChI=1S/C10H19NO3/c1-8(7-12)5-11-3-2-9(6-11)4-10(13)14/h8-9,12H,2-7H2,1H3,(H,13,14). The molecule has 82 valence electrons. The smallest absolute Gasteiger partial charge is 0.303 e. The van der Waals surface area contributed by atoms with Gasteiger partial charge in [0.1, 0.15) is 0 Å². The van der Waals surface area contributed by atoms with E-state index in [-0.39, 0.29) is 13.0 Å². The number of carboxylic acid groups (broad SMARTS) is 1. The molecule has 1 heterocycles. The number of rotatable bonds is 5. The van der Waals surface area contributed by atoms with Crippen LogP contribution in [0.1, 0.15) is 19.8 Å². The van der Waals surface area contributed by atoms with Crippen LogP contribution in [-0.4, -0.2) is 47.3 Å². The van der Waals surface area contributed by atoms with E-state index in [1.807, 2.05) is 6.92 Å². The SMILES string of the molecule is CC(CO)CN1CCC(CC(=O)O)C1. The van der Waals surface area contributed by atoms with Crippen molar-refractivity contribution in [2.24, 2.45) is 11.8 Å². The van der Waals surface area contributed by atoms with Gasteiger partial charge in [-0.15, -0.1) is 0 Å². The first-order valence-corrected chi connectivity index (χ1v) is 5.16. The zero-order valence-electron chi connectivity index (χ0n) is 8.65. The number of hydrogen-bond donors (Lipinski definition) is 2. The number of likely N-dealkylation sites (tertiary alicyclic amines) is 1. The van der Waals surface area contributed by atoms with Crippen molar-refractivity contribution in [3.8, 4) is 0 Å². The molecule has 4 nitrogen and oxygen atoms in total. The van der Waals surface area contributed by atoms with Crippen molar-refractivity contribution in [2.45, 2.75) is 19.8 Å². The Balaban J connectivity index is 2.23. The van der Waals surface area contributed by atoms with Crippen LogP contribution in [0.3, 0.4) is 0 Å². The summed E-state index contributed by atoms with van der Waals surface area (Å²) in [6, 6.07) is 0. The highest BCUT2D eigenvalue weighted by Gasteiger charge is 2.24. The van der Waals surface area contributed by atoms with Crippen molar-refractivity contribution in [3.05, 3.63) is 0 Å². The highest BCUT2D eigenvalue weighted by atomic mass is 16.4. The van der Waals surface area contributed by atoms with E-state index in [4.69, 9.17) is 10.2 Å². The Morgan fingerprint density at radius 3 is 2.93 bits per heavy atom. The van der Waals surface area contributed by atoms with Crippen LogP contribution in [0.25, 0.3) is 0 Å². The van der Waals surface area contributed by atoms with Gasteiger partial charge in [0, 0.05) is 26.1 Å². The number of nitrogens with zero attached hydrogens (tertiary/aromatic N) is 1. The van der Waals surface area contributed by atoms with Crippen molar-refractivity contribution < 1.29 is 15.0 Å². The third kappa shape index (κ3) is 3.64. The average Bonchev–Trinajstić information content (AvgIpc) is 2.51. The van der Waals surface area contributed by atoms with Gasteiger partial charge in [0.2, 0.25) is 0 Å². The van der Waals surface area contributed by atoms with E-state index < -0.39 is 5.97 Å². The molecule has 0 saturated carbocycles. The van der Waals surface area contributed by atoms with Crippen LogP contribution in [0.4, 0.5) is 0 Å². The Kier molecular flexibility index (Phi) is 4.35. The molecule has 2 atom stereocenters. The van der Waals surface area contributed by atoms with Gasteiger partial charge >= 0.3 is 5.97 Å². The van der Waals surface area contributed by atoms with E-state index in [0.717, 1.165) is 26.1 Å². The van der Waals surface area contributed by atoms with Gasteiger partial charge in [0.15, 0.2) is 0 Å². The summed E-state index contributed by atoms with van der Waals surface area (Å²) in [6.07, 6.45) is 1.26. The molecule has 0 spiro atoms. The molecular weight excluding hydrogens is 182 g/mol. The van der Waals surface area contributed by atoms with Gasteiger partial charge in [-0.2, -0.15) is 0 Å². The molecule has 0 bridgehead atoms. The zero-order chi connectivity index (χ0) is 10.6. The van der Waals surface area contributed by atoms with Gasteiger partial charge in [-0.3, -0.25) is 4.79 Å². The number of carbonyl (C=O) groups is 1. The first kappa shape index (κ1) is 11.5. The Hall–Kier alpha value is -0.610. The maximum Gasteiger partial charge on any atom is 0.303 e. The molecule has 1 aliphatic heterocycles. The number of hydrogen-bond acceptors (Lipinski definition) is 3. The molecule has 0 aromatic rings. The Morgan fingerprint density at radius 1 is 1.64 bits per heavy atom. The van der Waals surface area contributed by atoms with Gasteiger partial charge in [-0.1, -0.05) is 6.92 Å². The largest absolute Gasteiger partial charge is 0.481 e. The van der Waals surface area contributed by atoms with Crippen LogP contribution in [-0.2, 0) is 4.79 Å². The molecule has 1 rings (SSSR count). The lowest BCUT2D eigenvalue weighted by molar-refractivity contribution is -0.138. The van der Waals surface area contributed by atoms with Gasteiger partial charge in [0.05, 0.1) is 0 Å². The number of carboxylic acids is 1. The topological polar surface area (TPSA) is 60.8 Å². The van der Waals surface area contributed by atoms with Crippen molar-refractivity contribution in [2.75, 3.05) is 26.2 Å². The summed E-state index contributed by atoms with van der Waals surface area (Å²) in [5.74, 6) is -0.107. The molecule has 2 unspecified atom stereocenters. The van der Waals surface area contributed by atoms with Crippen LogP contribution in [0.15, 0.2) is 0 Å². The minimum atomic E-state index is -0.702. The fourth-order valence-corrected chi connectivity index (χ4v) is 1.99. The second kappa shape index (κ2) is 5.32. The summed E-state index contributed by atoms with van der Waals surface area (Å²) >= 11 is 0. The van der Waals surface area contributed by atoms with E-state index in [9.17, 15) is 4.79 Å². The molecule has 14 heavy (non-hydrogen) atoms. The highest BCUT2D eigenvalue weighted by Crippen LogP contribution is 2.20. The molecule has 1 aliphatic rings. The minimum absolute atomic E-state index is 0.208. The monoisotopic (exact) mass is 201 g/mol.